The lowest BCUT2D eigenvalue weighted by molar-refractivity contribution is 0.0701. The second kappa shape index (κ2) is 5.91. The molecule has 18 heavy (non-hydrogen) atoms. The van der Waals surface area contributed by atoms with Crippen LogP contribution in [0.2, 0.25) is 0 Å². The lowest BCUT2D eigenvalue weighted by Crippen LogP contribution is -2.07. The number of anilines is 1. The molecule has 0 amide bonds. The zero-order chi connectivity index (χ0) is 12.8. The van der Waals surface area contributed by atoms with E-state index in [0.717, 1.165) is 18.7 Å². The number of esters is 1. The van der Waals surface area contributed by atoms with Crippen molar-refractivity contribution in [1.29, 1.82) is 0 Å². The van der Waals surface area contributed by atoms with Gasteiger partial charge in [-0.25, -0.2) is 4.79 Å². The van der Waals surface area contributed by atoms with Gasteiger partial charge >= 0.3 is 5.97 Å². The molecule has 2 aromatic rings. The van der Waals surface area contributed by atoms with Gasteiger partial charge in [-0.05, 0) is 30.7 Å². The molecular formula is C14H15NO3. The fourth-order valence-corrected chi connectivity index (χ4v) is 1.49. The smallest absolute Gasteiger partial charge is 0.379 e. The minimum atomic E-state index is -0.493. The Hall–Kier alpha value is -2.23. The highest BCUT2D eigenvalue weighted by molar-refractivity contribution is 5.88. The van der Waals surface area contributed by atoms with Gasteiger partial charge in [0.25, 0.3) is 0 Å². The maximum atomic E-state index is 11.7. The van der Waals surface area contributed by atoms with Crippen LogP contribution in [-0.4, -0.2) is 12.5 Å². The molecule has 0 atom stereocenters. The molecule has 1 aromatic carbocycles. The number of rotatable bonds is 5. The monoisotopic (exact) mass is 245 g/mol. The van der Waals surface area contributed by atoms with Gasteiger partial charge in [0.2, 0.25) is 5.76 Å². The molecule has 0 aliphatic heterocycles. The molecule has 94 valence electrons. The molecule has 4 nitrogen and oxygen atoms in total. The van der Waals surface area contributed by atoms with E-state index in [2.05, 4.69) is 12.2 Å². The summed E-state index contributed by atoms with van der Waals surface area (Å²) in [6, 6.07) is 10.5. The van der Waals surface area contributed by atoms with Gasteiger partial charge in [0, 0.05) is 18.3 Å². The van der Waals surface area contributed by atoms with E-state index >= 15 is 0 Å². The first-order valence-corrected chi connectivity index (χ1v) is 5.89. The molecule has 0 fully saturated rings. The summed E-state index contributed by atoms with van der Waals surface area (Å²) in [6.07, 6.45) is 2.48. The van der Waals surface area contributed by atoms with Gasteiger partial charge in [0.05, 0.1) is 6.26 Å². The van der Waals surface area contributed by atoms with Crippen molar-refractivity contribution in [2.75, 3.05) is 11.9 Å². The van der Waals surface area contributed by atoms with Crippen LogP contribution in [0.5, 0.6) is 5.75 Å². The first-order chi connectivity index (χ1) is 8.79. The average molecular weight is 245 g/mol. The topological polar surface area (TPSA) is 51.5 Å². The second-order valence-corrected chi connectivity index (χ2v) is 3.82. The highest BCUT2D eigenvalue weighted by atomic mass is 16.5. The van der Waals surface area contributed by atoms with Crippen molar-refractivity contribution >= 4 is 11.7 Å². The first kappa shape index (κ1) is 12.2. The Balaban J connectivity index is 2.03. The normalized spacial score (nSPS) is 10.1. The quantitative estimate of drug-likeness (QED) is 0.648. The Bertz CT molecular complexity index is 506. The third-order valence-corrected chi connectivity index (χ3v) is 2.35. The van der Waals surface area contributed by atoms with E-state index in [4.69, 9.17) is 9.15 Å². The molecule has 1 aromatic heterocycles. The van der Waals surface area contributed by atoms with E-state index < -0.39 is 5.97 Å². The Morgan fingerprint density at radius 3 is 2.94 bits per heavy atom. The van der Waals surface area contributed by atoms with E-state index in [1.165, 1.54) is 6.26 Å². The van der Waals surface area contributed by atoms with Crippen LogP contribution >= 0.6 is 0 Å². The number of furan rings is 1. The van der Waals surface area contributed by atoms with Gasteiger partial charge < -0.3 is 14.5 Å². The van der Waals surface area contributed by atoms with Crippen LogP contribution in [0.3, 0.4) is 0 Å². The van der Waals surface area contributed by atoms with Gasteiger partial charge in [0.15, 0.2) is 0 Å². The third-order valence-electron chi connectivity index (χ3n) is 2.35. The maximum Gasteiger partial charge on any atom is 0.379 e. The number of benzene rings is 1. The van der Waals surface area contributed by atoms with Gasteiger partial charge in [-0.15, -0.1) is 0 Å². The zero-order valence-electron chi connectivity index (χ0n) is 10.2. The summed E-state index contributed by atoms with van der Waals surface area (Å²) >= 11 is 0. The van der Waals surface area contributed by atoms with Gasteiger partial charge in [-0.2, -0.15) is 0 Å². The number of ether oxygens (including phenoxy) is 1. The predicted octanol–water partition coefficient (Wildman–Crippen LogP) is 3.32. The van der Waals surface area contributed by atoms with Crippen LogP contribution in [0.4, 0.5) is 5.69 Å². The molecule has 0 aliphatic rings. The molecule has 2 rings (SSSR count). The minimum Gasteiger partial charge on any atom is -0.457 e. The van der Waals surface area contributed by atoms with Crippen molar-refractivity contribution in [1.82, 2.24) is 0 Å². The molecule has 0 saturated heterocycles. The number of hydrogen-bond acceptors (Lipinski definition) is 4. The molecule has 0 radical (unpaired) electrons. The van der Waals surface area contributed by atoms with E-state index in [9.17, 15) is 4.79 Å². The van der Waals surface area contributed by atoms with Crippen molar-refractivity contribution in [3.63, 3.8) is 0 Å². The zero-order valence-corrected chi connectivity index (χ0v) is 10.2. The highest BCUT2D eigenvalue weighted by Gasteiger charge is 2.11. The lowest BCUT2D eigenvalue weighted by Gasteiger charge is -2.07. The molecule has 0 bridgehead atoms. The Labute approximate surface area is 106 Å². The third kappa shape index (κ3) is 3.13. The molecular weight excluding hydrogens is 230 g/mol. The van der Waals surface area contributed by atoms with Crippen molar-refractivity contribution in [3.05, 3.63) is 48.4 Å². The highest BCUT2D eigenvalue weighted by Crippen LogP contribution is 2.18. The fraction of sp³-hybridized carbons (Fsp3) is 0.214. The SMILES string of the molecule is CCCNc1cccc(OC(=O)c2ccco2)c1. The van der Waals surface area contributed by atoms with E-state index in [0.29, 0.717) is 5.75 Å². The van der Waals surface area contributed by atoms with Crippen LogP contribution < -0.4 is 10.1 Å². The number of hydrogen-bond donors (Lipinski definition) is 1. The molecule has 0 unspecified atom stereocenters. The molecule has 1 N–H and O–H groups in total. The largest absolute Gasteiger partial charge is 0.457 e. The molecule has 4 heteroatoms. The fourth-order valence-electron chi connectivity index (χ4n) is 1.49. The van der Waals surface area contributed by atoms with Crippen molar-refractivity contribution in [3.8, 4) is 5.75 Å². The Morgan fingerprint density at radius 1 is 1.33 bits per heavy atom. The molecule has 0 aliphatic carbocycles. The molecule has 0 saturated carbocycles. The molecule has 0 spiro atoms. The van der Waals surface area contributed by atoms with Crippen LogP contribution in [0.25, 0.3) is 0 Å². The number of carbonyl (C=O) groups is 1. The summed E-state index contributed by atoms with van der Waals surface area (Å²) in [5.74, 6) is 0.201. The van der Waals surface area contributed by atoms with Crippen LogP contribution in [0.15, 0.2) is 47.1 Å². The van der Waals surface area contributed by atoms with E-state index in [1.807, 2.05) is 12.1 Å². The predicted molar refractivity (Wildman–Crippen MR) is 68.9 cm³/mol. The van der Waals surface area contributed by atoms with Crippen molar-refractivity contribution in [2.24, 2.45) is 0 Å². The van der Waals surface area contributed by atoms with Crippen molar-refractivity contribution < 1.29 is 13.9 Å². The van der Waals surface area contributed by atoms with Crippen molar-refractivity contribution in [2.45, 2.75) is 13.3 Å². The first-order valence-electron chi connectivity index (χ1n) is 5.89. The van der Waals surface area contributed by atoms with E-state index in [-0.39, 0.29) is 5.76 Å². The summed E-state index contributed by atoms with van der Waals surface area (Å²) in [7, 11) is 0. The summed E-state index contributed by atoms with van der Waals surface area (Å²) in [5.41, 5.74) is 0.932. The van der Waals surface area contributed by atoms with Gasteiger partial charge in [-0.1, -0.05) is 13.0 Å². The summed E-state index contributed by atoms with van der Waals surface area (Å²) in [4.78, 5) is 11.7. The standard InChI is InChI=1S/C14H15NO3/c1-2-8-15-11-5-3-6-12(10-11)18-14(16)13-7-4-9-17-13/h3-7,9-10,15H,2,8H2,1H3. The van der Waals surface area contributed by atoms with E-state index in [1.54, 1.807) is 24.3 Å². The van der Waals surface area contributed by atoms with Crippen LogP contribution in [-0.2, 0) is 0 Å². The summed E-state index contributed by atoms with van der Waals surface area (Å²) in [5, 5.41) is 3.23. The summed E-state index contributed by atoms with van der Waals surface area (Å²) < 4.78 is 10.2. The lowest BCUT2D eigenvalue weighted by atomic mass is 10.3. The summed E-state index contributed by atoms with van der Waals surface area (Å²) in [6.45, 7) is 2.98. The minimum absolute atomic E-state index is 0.196. The van der Waals surface area contributed by atoms with Crippen LogP contribution in [0, 0.1) is 0 Å². The average Bonchev–Trinajstić information content (AvgIpc) is 2.91. The maximum absolute atomic E-state index is 11.7. The van der Waals surface area contributed by atoms with Gasteiger partial charge in [0.1, 0.15) is 5.75 Å². The van der Waals surface area contributed by atoms with Gasteiger partial charge in [-0.3, -0.25) is 0 Å². The molecule has 1 heterocycles. The number of nitrogens with one attached hydrogen (secondary N) is 1. The Morgan fingerprint density at radius 2 is 2.22 bits per heavy atom. The van der Waals surface area contributed by atoms with Crippen LogP contribution in [0.1, 0.15) is 23.9 Å². The number of carbonyl (C=O) groups excluding carboxylic acids is 1. The Kier molecular flexibility index (Phi) is 4.02. The second-order valence-electron chi connectivity index (χ2n) is 3.82.